The van der Waals surface area contributed by atoms with E-state index in [0.717, 1.165) is 51.8 Å². The van der Waals surface area contributed by atoms with Crippen LogP contribution in [0.5, 0.6) is 5.75 Å². The van der Waals surface area contributed by atoms with Gasteiger partial charge in [0.1, 0.15) is 5.75 Å². The summed E-state index contributed by atoms with van der Waals surface area (Å²) in [6.07, 6.45) is 4.57. The summed E-state index contributed by atoms with van der Waals surface area (Å²) in [4.78, 5) is 2.63. The van der Waals surface area contributed by atoms with Crippen molar-refractivity contribution in [3.8, 4) is 5.75 Å². The molecule has 2 unspecified atom stereocenters. The van der Waals surface area contributed by atoms with Crippen LogP contribution in [0.15, 0.2) is 29.2 Å². The van der Waals surface area contributed by atoms with E-state index in [0.29, 0.717) is 12.0 Å². The first-order valence-corrected chi connectivity index (χ1v) is 11.6. The van der Waals surface area contributed by atoms with Gasteiger partial charge < -0.3 is 9.47 Å². The van der Waals surface area contributed by atoms with Crippen LogP contribution in [0.1, 0.15) is 32.1 Å². The Balaban J connectivity index is 1.40. The molecular formula is C20H28F2N2O4S. The van der Waals surface area contributed by atoms with E-state index in [-0.39, 0.29) is 22.7 Å². The maximum atomic E-state index is 13.2. The Morgan fingerprint density at radius 2 is 1.69 bits per heavy atom. The summed E-state index contributed by atoms with van der Waals surface area (Å²) in [7, 11) is -1.92. The second-order valence-electron chi connectivity index (χ2n) is 8.30. The number of likely N-dealkylation sites (tertiary alicyclic amines) is 1. The molecule has 0 N–H and O–H groups in total. The average molecular weight is 431 g/mol. The van der Waals surface area contributed by atoms with Gasteiger partial charge in [-0.3, -0.25) is 4.90 Å². The Morgan fingerprint density at radius 3 is 2.24 bits per heavy atom. The molecule has 0 radical (unpaired) electrons. The van der Waals surface area contributed by atoms with Crippen molar-refractivity contribution in [2.24, 2.45) is 5.92 Å². The molecule has 0 amide bonds. The van der Waals surface area contributed by atoms with Crippen LogP contribution in [-0.4, -0.2) is 69.2 Å². The minimum absolute atomic E-state index is 0.0127. The van der Waals surface area contributed by atoms with Gasteiger partial charge in [-0.15, -0.1) is 0 Å². The summed E-state index contributed by atoms with van der Waals surface area (Å²) < 4.78 is 62.2. The van der Waals surface area contributed by atoms with Crippen molar-refractivity contribution in [2.45, 2.75) is 61.7 Å². The Morgan fingerprint density at radius 1 is 1.07 bits per heavy atom. The second kappa shape index (κ2) is 8.45. The van der Waals surface area contributed by atoms with Crippen LogP contribution >= 0.6 is 0 Å². The highest BCUT2D eigenvalue weighted by atomic mass is 32.2. The molecule has 9 heteroatoms. The number of halogens is 2. The maximum Gasteiger partial charge on any atom is 0.387 e. The van der Waals surface area contributed by atoms with E-state index in [9.17, 15) is 17.2 Å². The van der Waals surface area contributed by atoms with Gasteiger partial charge in [0.2, 0.25) is 10.0 Å². The SMILES string of the molecule is COCCC1CN(C2CC3CCC(C2)N3S(=O)(=O)c2ccc(OC(F)F)cc2)C1. The first-order chi connectivity index (χ1) is 13.9. The highest BCUT2D eigenvalue weighted by molar-refractivity contribution is 7.89. The molecule has 4 rings (SSSR count). The number of ether oxygens (including phenoxy) is 2. The van der Waals surface area contributed by atoms with Crippen LogP contribution in [0, 0.1) is 5.92 Å². The highest BCUT2D eigenvalue weighted by Crippen LogP contribution is 2.42. The zero-order valence-corrected chi connectivity index (χ0v) is 17.4. The molecule has 6 nitrogen and oxygen atoms in total. The molecule has 3 aliphatic rings. The third-order valence-electron chi connectivity index (χ3n) is 6.50. The number of hydrogen-bond acceptors (Lipinski definition) is 5. The molecule has 1 aromatic rings. The Labute approximate surface area is 170 Å². The quantitative estimate of drug-likeness (QED) is 0.635. The van der Waals surface area contributed by atoms with Gasteiger partial charge in [0, 0.05) is 44.9 Å². The monoisotopic (exact) mass is 430 g/mol. The molecule has 29 heavy (non-hydrogen) atoms. The molecule has 0 saturated carbocycles. The van der Waals surface area contributed by atoms with Crippen molar-refractivity contribution in [1.82, 2.24) is 9.21 Å². The zero-order chi connectivity index (χ0) is 20.6. The van der Waals surface area contributed by atoms with Gasteiger partial charge in [-0.2, -0.15) is 13.1 Å². The molecule has 162 valence electrons. The van der Waals surface area contributed by atoms with Crippen molar-refractivity contribution in [1.29, 1.82) is 0 Å². The normalized spacial score (nSPS) is 28.6. The van der Waals surface area contributed by atoms with Gasteiger partial charge in [-0.05, 0) is 62.3 Å². The third kappa shape index (κ3) is 4.28. The molecule has 0 spiro atoms. The van der Waals surface area contributed by atoms with Crippen molar-refractivity contribution in [3.63, 3.8) is 0 Å². The maximum absolute atomic E-state index is 13.2. The summed E-state index contributed by atoms with van der Waals surface area (Å²) in [5.41, 5.74) is 0. The van der Waals surface area contributed by atoms with Crippen LogP contribution in [0.2, 0.25) is 0 Å². The van der Waals surface area contributed by atoms with Crippen LogP contribution in [0.25, 0.3) is 0 Å². The molecule has 3 aliphatic heterocycles. The molecule has 3 heterocycles. The highest BCUT2D eigenvalue weighted by Gasteiger charge is 2.49. The molecule has 2 atom stereocenters. The Bertz CT molecular complexity index is 785. The third-order valence-corrected chi connectivity index (χ3v) is 8.52. The predicted molar refractivity (Wildman–Crippen MR) is 103 cm³/mol. The lowest BCUT2D eigenvalue weighted by Crippen LogP contribution is -2.58. The molecule has 0 aliphatic carbocycles. The number of methoxy groups -OCH3 is 1. The summed E-state index contributed by atoms with van der Waals surface area (Å²) in [5.74, 6) is 0.643. The molecule has 0 aromatic heterocycles. The van der Waals surface area contributed by atoms with E-state index >= 15 is 0 Å². The number of hydrogen-bond donors (Lipinski definition) is 0. The largest absolute Gasteiger partial charge is 0.435 e. The fourth-order valence-corrected chi connectivity index (χ4v) is 6.98. The second-order valence-corrected chi connectivity index (χ2v) is 10.1. The van der Waals surface area contributed by atoms with E-state index in [1.807, 2.05) is 0 Å². The number of alkyl halides is 2. The lowest BCUT2D eigenvalue weighted by Gasteiger charge is -2.49. The van der Waals surface area contributed by atoms with Crippen molar-refractivity contribution < 1.29 is 26.7 Å². The van der Waals surface area contributed by atoms with Gasteiger partial charge in [-0.25, -0.2) is 8.42 Å². The van der Waals surface area contributed by atoms with E-state index in [4.69, 9.17) is 4.74 Å². The Kier molecular flexibility index (Phi) is 6.11. The average Bonchev–Trinajstić information content (AvgIpc) is 2.92. The summed E-state index contributed by atoms with van der Waals surface area (Å²) in [6, 6.07) is 5.75. The minimum atomic E-state index is -3.65. The topological polar surface area (TPSA) is 59.1 Å². The van der Waals surface area contributed by atoms with E-state index in [1.165, 1.54) is 24.3 Å². The van der Waals surface area contributed by atoms with Gasteiger partial charge in [-0.1, -0.05) is 0 Å². The number of rotatable bonds is 8. The fourth-order valence-electron chi connectivity index (χ4n) is 5.09. The van der Waals surface area contributed by atoms with E-state index < -0.39 is 16.6 Å². The van der Waals surface area contributed by atoms with Crippen LogP contribution in [0.4, 0.5) is 8.78 Å². The lowest BCUT2D eigenvalue weighted by atomic mass is 9.89. The first-order valence-electron chi connectivity index (χ1n) is 10.2. The predicted octanol–water partition coefficient (Wildman–Crippen LogP) is 2.94. The number of piperidine rings is 1. The minimum Gasteiger partial charge on any atom is -0.435 e. The fraction of sp³-hybridized carbons (Fsp3) is 0.700. The van der Waals surface area contributed by atoms with Crippen LogP contribution < -0.4 is 4.74 Å². The van der Waals surface area contributed by atoms with Crippen LogP contribution in [-0.2, 0) is 14.8 Å². The van der Waals surface area contributed by atoms with Crippen molar-refractivity contribution in [2.75, 3.05) is 26.8 Å². The molecular weight excluding hydrogens is 402 g/mol. The molecule has 3 fully saturated rings. The van der Waals surface area contributed by atoms with Gasteiger partial charge in [0.15, 0.2) is 0 Å². The zero-order valence-electron chi connectivity index (χ0n) is 16.5. The summed E-state index contributed by atoms with van der Waals surface area (Å²) in [5, 5.41) is 0. The molecule has 2 bridgehead atoms. The van der Waals surface area contributed by atoms with Crippen molar-refractivity contribution in [3.05, 3.63) is 24.3 Å². The number of sulfonamides is 1. The number of fused-ring (bicyclic) bond motifs is 2. The van der Waals surface area contributed by atoms with Crippen molar-refractivity contribution >= 4 is 10.0 Å². The van der Waals surface area contributed by atoms with Gasteiger partial charge in [0.25, 0.3) is 0 Å². The number of benzene rings is 1. The summed E-state index contributed by atoms with van der Waals surface area (Å²) in [6.45, 7) is 0.0158. The molecule has 3 saturated heterocycles. The molecule has 1 aromatic carbocycles. The van der Waals surface area contributed by atoms with Gasteiger partial charge in [0.05, 0.1) is 4.90 Å². The van der Waals surface area contributed by atoms with E-state index in [1.54, 1.807) is 11.4 Å². The Hall–Kier alpha value is -1.29. The number of nitrogens with zero attached hydrogens (tertiary/aromatic N) is 2. The summed E-state index contributed by atoms with van der Waals surface area (Å²) >= 11 is 0. The first kappa shape index (κ1) is 21.0. The van der Waals surface area contributed by atoms with Crippen LogP contribution in [0.3, 0.4) is 0 Å². The lowest BCUT2D eigenvalue weighted by molar-refractivity contribution is -0.0498. The standard InChI is InChI=1S/C20H28F2N2O4S/c1-27-9-8-14-12-23(13-14)17-10-15-2-3-16(11-17)24(15)29(25,26)19-6-4-18(5-7-19)28-20(21)22/h4-7,14-17,20H,2-3,8-13H2,1H3. The van der Waals surface area contributed by atoms with Gasteiger partial charge >= 0.3 is 6.61 Å². The van der Waals surface area contributed by atoms with E-state index in [2.05, 4.69) is 9.64 Å². The smallest absolute Gasteiger partial charge is 0.387 e.